The highest BCUT2D eigenvalue weighted by atomic mass is 79.9. The minimum atomic E-state index is -0.0291. The number of amides is 1. The van der Waals surface area contributed by atoms with Gasteiger partial charge in [0, 0.05) is 17.6 Å². The van der Waals surface area contributed by atoms with Crippen LogP contribution in [-0.4, -0.2) is 30.1 Å². The Balaban J connectivity index is 1.52. The lowest BCUT2D eigenvalue weighted by atomic mass is 10.1. The Hall–Kier alpha value is -2.08. The minimum absolute atomic E-state index is 0.00153. The summed E-state index contributed by atoms with van der Waals surface area (Å²) in [5, 5.41) is 2.87. The number of benzene rings is 1. The van der Waals surface area contributed by atoms with Crippen molar-refractivity contribution in [3.05, 3.63) is 52.6 Å². The zero-order chi connectivity index (χ0) is 17.1. The Kier molecular flexibility index (Phi) is 5.04. The highest BCUT2D eigenvalue weighted by molar-refractivity contribution is 9.10. The van der Waals surface area contributed by atoms with Gasteiger partial charge in [-0.15, -0.1) is 0 Å². The Morgan fingerprint density at radius 2 is 2.04 bits per heavy atom. The molecule has 0 bridgehead atoms. The number of ether oxygens (including phenoxy) is 1. The second-order valence-corrected chi connectivity index (χ2v) is 6.88. The number of aromatic nitrogens is 1. The quantitative estimate of drug-likeness (QED) is 0.851. The fourth-order valence-corrected chi connectivity index (χ4v) is 3.00. The predicted molar refractivity (Wildman–Crippen MR) is 97.2 cm³/mol. The van der Waals surface area contributed by atoms with E-state index in [-0.39, 0.29) is 18.1 Å². The molecule has 1 atom stereocenters. The van der Waals surface area contributed by atoms with Crippen LogP contribution >= 0.6 is 15.9 Å². The number of pyridine rings is 1. The van der Waals surface area contributed by atoms with Crippen molar-refractivity contribution in [3.8, 4) is 5.75 Å². The largest absolute Gasteiger partial charge is 0.487 e. The molecule has 1 amide bonds. The van der Waals surface area contributed by atoms with Crippen molar-refractivity contribution in [2.75, 3.05) is 18.0 Å². The first-order valence-electron chi connectivity index (χ1n) is 7.91. The third kappa shape index (κ3) is 4.06. The molecular weight excluding hydrogens is 370 g/mol. The van der Waals surface area contributed by atoms with Gasteiger partial charge in [0.05, 0.1) is 19.1 Å². The lowest BCUT2D eigenvalue weighted by molar-refractivity contribution is -0.119. The molecule has 1 N–H and O–H groups in total. The molecule has 1 aromatic heterocycles. The molecule has 0 radical (unpaired) electrons. The first-order valence-corrected chi connectivity index (χ1v) is 8.71. The molecule has 6 heteroatoms. The van der Waals surface area contributed by atoms with Crippen molar-refractivity contribution in [2.24, 2.45) is 0 Å². The predicted octanol–water partition coefficient (Wildman–Crippen LogP) is 3.31. The van der Waals surface area contributed by atoms with Gasteiger partial charge < -0.3 is 15.0 Å². The maximum atomic E-state index is 11.1. The third-order valence-corrected chi connectivity index (χ3v) is 4.48. The second-order valence-electron chi connectivity index (χ2n) is 5.97. The van der Waals surface area contributed by atoms with Crippen LogP contribution in [0.15, 0.2) is 47.1 Å². The summed E-state index contributed by atoms with van der Waals surface area (Å²) >= 11 is 3.46. The fraction of sp³-hybridized carbons (Fsp3) is 0.333. The zero-order valence-electron chi connectivity index (χ0n) is 13.7. The average molecular weight is 390 g/mol. The number of nitrogens with zero attached hydrogens (tertiary/aromatic N) is 2. The molecule has 0 spiro atoms. The number of anilines is 1. The van der Waals surface area contributed by atoms with Crippen molar-refractivity contribution in [2.45, 2.75) is 26.0 Å². The van der Waals surface area contributed by atoms with Crippen LogP contribution in [0.5, 0.6) is 5.75 Å². The number of nitrogens with one attached hydrogen (secondary N) is 1. The van der Waals surface area contributed by atoms with Crippen molar-refractivity contribution in [1.82, 2.24) is 10.3 Å². The summed E-state index contributed by atoms with van der Waals surface area (Å²) in [6.45, 7) is 5.14. The van der Waals surface area contributed by atoms with Crippen LogP contribution in [-0.2, 0) is 4.79 Å². The highest BCUT2D eigenvalue weighted by Gasteiger charge is 2.29. The molecule has 1 fully saturated rings. The molecule has 5 nitrogen and oxygen atoms in total. The molecule has 0 aliphatic carbocycles. The average Bonchev–Trinajstić information content (AvgIpc) is 2.50. The van der Waals surface area contributed by atoms with Crippen molar-refractivity contribution < 1.29 is 9.53 Å². The lowest BCUT2D eigenvalue weighted by Crippen LogP contribution is -2.54. The summed E-state index contributed by atoms with van der Waals surface area (Å²) < 4.78 is 7.01. The van der Waals surface area contributed by atoms with E-state index in [0.29, 0.717) is 0 Å². The van der Waals surface area contributed by atoms with Gasteiger partial charge in [0.1, 0.15) is 17.7 Å². The van der Waals surface area contributed by atoms with Gasteiger partial charge in [-0.25, -0.2) is 4.98 Å². The van der Waals surface area contributed by atoms with E-state index in [9.17, 15) is 4.79 Å². The van der Waals surface area contributed by atoms with E-state index in [4.69, 9.17) is 4.74 Å². The normalized spacial score (nSPS) is 15.5. The molecule has 3 rings (SSSR count). The van der Waals surface area contributed by atoms with Crippen LogP contribution in [0.3, 0.4) is 0 Å². The molecule has 1 aromatic carbocycles. The maximum Gasteiger partial charge on any atom is 0.217 e. The van der Waals surface area contributed by atoms with Gasteiger partial charge in [0.2, 0.25) is 5.91 Å². The smallest absolute Gasteiger partial charge is 0.217 e. The second kappa shape index (κ2) is 7.21. The SMILES string of the molecule is CC(=O)N[C@@H](C)c1ccc(OC2CN(c3cc(Br)ccn3)C2)cc1. The van der Waals surface area contributed by atoms with Crippen LogP contribution in [0.1, 0.15) is 25.5 Å². The topological polar surface area (TPSA) is 54.5 Å². The summed E-state index contributed by atoms with van der Waals surface area (Å²) in [5.74, 6) is 1.78. The summed E-state index contributed by atoms with van der Waals surface area (Å²) in [6.07, 6.45) is 1.96. The van der Waals surface area contributed by atoms with Crippen molar-refractivity contribution in [1.29, 1.82) is 0 Å². The van der Waals surface area contributed by atoms with Gasteiger partial charge in [-0.3, -0.25) is 4.79 Å². The molecule has 1 aliphatic rings. The van der Waals surface area contributed by atoms with E-state index in [1.165, 1.54) is 6.92 Å². The Morgan fingerprint density at radius 1 is 1.33 bits per heavy atom. The van der Waals surface area contributed by atoms with E-state index in [0.717, 1.165) is 34.7 Å². The number of carbonyl (C=O) groups is 1. The van der Waals surface area contributed by atoms with Gasteiger partial charge in [0.25, 0.3) is 0 Å². The minimum Gasteiger partial charge on any atom is -0.487 e. The Morgan fingerprint density at radius 3 is 2.67 bits per heavy atom. The lowest BCUT2D eigenvalue weighted by Gasteiger charge is -2.39. The summed E-state index contributed by atoms with van der Waals surface area (Å²) in [7, 11) is 0. The first-order chi connectivity index (χ1) is 11.5. The molecule has 24 heavy (non-hydrogen) atoms. The van der Waals surface area contributed by atoms with E-state index < -0.39 is 0 Å². The fourth-order valence-electron chi connectivity index (χ4n) is 2.68. The van der Waals surface area contributed by atoms with Crippen molar-refractivity contribution in [3.63, 3.8) is 0 Å². The third-order valence-electron chi connectivity index (χ3n) is 3.98. The van der Waals surface area contributed by atoms with Gasteiger partial charge in [0.15, 0.2) is 0 Å². The van der Waals surface area contributed by atoms with Crippen LogP contribution in [0.25, 0.3) is 0 Å². The van der Waals surface area contributed by atoms with E-state index >= 15 is 0 Å². The Labute approximate surface area is 150 Å². The number of carbonyl (C=O) groups excluding carboxylic acids is 1. The number of hydrogen-bond donors (Lipinski definition) is 1. The summed E-state index contributed by atoms with van der Waals surface area (Å²) in [6, 6.07) is 11.8. The molecule has 2 heterocycles. The monoisotopic (exact) mass is 389 g/mol. The van der Waals surface area contributed by atoms with Gasteiger partial charge >= 0.3 is 0 Å². The maximum absolute atomic E-state index is 11.1. The molecule has 126 valence electrons. The Bertz CT molecular complexity index is 714. The van der Waals surface area contributed by atoms with Crippen LogP contribution in [0.2, 0.25) is 0 Å². The summed E-state index contributed by atoms with van der Waals surface area (Å²) in [4.78, 5) is 17.7. The zero-order valence-corrected chi connectivity index (χ0v) is 15.3. The molecule has 2 aromatic rings. The molecule has 1 aliphatic heterocycles. The van der Waals surface area contributed by atoms with Gasteiger partial charge in [-0.2, -0.15) is 0 Å². The standard InChI is InChI=1S/C18H20BrN3O2/c1-12(21-13(2)23)14-3-5-16(6-4-14)24-17-10-22(11-17)18-9-15(19)7-8-20-18/h3-9,12,17H,10-11H2,1-2H3,(H,21,23)/t12-/m0/s1. The molecule has 1 saturated heterocycles. The molecule has 0 saturated carbocycles. The van der Waals surface area contributed by atoms with Gasteiger partial charge in [-0.1, -0.05) is 28.1 Å². The first kappa shape index (κ1) is 16.8. The van der Waals surface area contributed by atoms with Crippen LogP contribution < -0.4 is 15.0 Å². The van der Waals surface area contributed by atoms with E-state index in [1.54, 1.807) is 6.20 Å². The summed E-state index contributed by atoms with van der Waals surface area (Å²) in [5.41, 5.74) is 1.06. The number of hydrogen-bond acceptors (Lipinski definition) is 4. The molecule has 0 unspecified atom stereocenters. The van der Waals surface area contributed by atoms with E-state index in [2.05, 4.69) is 31.1 Å². The highest BCUT2D eigenvalue weighted by Crippen LogP contribution is 2.25. The molecular formula is C18H20BrN3O2. The van der Waals surface area contributed by atoms with Crippen LogP contribution in [0.4, 0.5) is 5.82 Å². The number of halogens is 1. The van der Waals surface area contributed by atoms with Crippen LogP contribution in [0, 0.1) is 0 Å². The van der Waals surface area contributed by atoms with E-state index in [1.807, 2.05) is 43.3 Å². The number of rotatable bonds is 5. The van der Waals surface area contributed by atoms with Crippen molar-refractivity contribution >= 4 is 27.7 Å². The van der Waals surface area contributed by atoms with Gasteiger partial charge in [-0.05, 0) is 36.8 Å².